The Hall–Kier alpha value is -2.32. The summed E-state index contributed by atoms with van der Waals surface area (Å²) >= 11 is 0. The van der Waals surface area contributed by atoms with E-state index >= 15 is 0 Å². The van der Waals surface area contributed by atoms with Crippen LogP contribution in [0.3, 0.4) is 0 Å². The summed E-state index contributed by atoms with van der Waals surface area (Å²) in [5.41, 5.74) is 0.690. The number of anilines is 2. The molecule has 2 aromatic rings. The summed E-state index contributed by atoms with van der Waals surface area (Å²) in [6, 6.07) is 11.2. The highest BCUT2D eigenvalue weighted by Crippen LogP contribution is 2.34. The Bertz CT molecular complexity index is 995. The number of carbonyl (C=O) groups excluding carboxylic acids is 2. The van der Waals surface area contributed by atoms with E-state index in [-0.39, 0.29) is 22.4 Å². The number of hydrogen-bond donors (Lipinski definition) is 6. The molecule has 12 heteroatoms. The van der Waals surface area contributed by atoms with Gasteiger partial charge in [0.05, 0.1) is 10.6 Å². The highest BCUT2D eigenvalue weighted by atomic mass is 31.2. The van der Waals surface area contributed by atoms with E-state index in [1.807, 2.05) is 0 Å². The van der Waals surface area contributed by atoms with Crippen molar-refractivity contribution in [2.75, 3.05) is 10.6 Å². The molecule has 34 heavy (non-hydrogen) atoms. The minimum Gasteiger partial charge on any atom is -0.326 e. The van der Waals surface area contributed by atoms with Gasteiger partial charge >= 0.3 is 15.2 Å². The van der Waals surface area contributed by atoms with E-state index in [9.17, 15) is 38.3 Å². The van der Waals surface area contributed by atoms with Gasteiger partial charge in [-0.05, 0) is 49.2 Å². The van der Waals surface area contributed by atoms with Gasteiger partial charge < -0.3 is 30.2 Å². The molecule has 0 atom stereocenters. The number of rotatable bonds is 13. The zero-order chi connectivity index (χ0) is 25.2. The van der Waals surface area contributed by atoms with Crippen LogP contribution in [0.4, 0.5) is 11.4 Å². The van der Waals surface area contributed by atoms with Crippen molar-refractivity contribution >= 4 is 49.0 Å². The van der Waals surface area contributed by atoms with Gasteiger partial charge in [-0.3, -0.25) is 18.7 Å². The van der Waals surface area contributed by atoms with Crippen LogP contribution in [0.25, 0.3) is 0 Å². The molecule has 0 aromatic heterocycles. The fraction of sp³-hybridized carbons (Fsp3) is 0.364. The smallest absolute Gasteiger partial charge is 0.326 e. The normalized spacial score (nSPS) is 11.8. The SMILES string of the molecule is O=C(CCCCCCCCC(=O)Nc1cccc(P(=O)(O)O)c1)Nc1cccc(P(=O)(O)O)c1. The number of unbranched alkanes of at least 4 members (excludes halogenated alkanes) is 5. The molecule has 0 aliphatic rings. The quantitative estimate of drug-likeness (QED) is 0.175. The summed E-state index contributed by atoms with van der Waals surface area (Å²) in [5.74, 6) is -0.440. The first-order valence-corrected chi connectivity index (χ1v) is 14.1. The van der Waals surface area contributed by atoms with Crippen molar-refractivity contribution in [3.05, 3.63) is 48.5 Å². The summed E-state index contributed by atoms with van der Waals surface area (Å²) in [7, 11) is -8.73. The van der Waals surface area contributed by atoms with Crippen LogP contribution in [0.5, 0.6) is 0 Å². The Morgan fingerprint density at radius 3 is 1.32 bits per heavy atom. The molecule has 0 saturated carbocycles. The van der Waals surface area contributed by atoms with Gasteiger partial charge in [0.25, 0.3) is 0 Å². The zero-order valence-corrected chi connectivity index (χ0v) is 20.4. The predicted octanol–water partition coefficient (Wildman–Crippen LogP) is 2.99. The lowest BCUT2D eigenvalue weighted by molar-refractivity contribution is -0.117. The molecule has 0 unspecified atom stereocenters. The van der Waals surface area contributed by atoms with Crippen molar-refractivity contribution in [2.24, 2.45) is 0 Å². The van der Waals surface area contributed by atoms with E-state index in [4.69, 9.17) is 0 Å². The van der Waals surface area contributed by atoms with Gasteiger partial charge in [-0.15, -0.1) is 0 Å². The van der Waals surface area contributed by atoms with Gasteiger partial charge in [0.1, 0.15) is 0 Å². The summed E-state index contributed by atoms with van der Waals surface area (Å²) in [4.78, 5) is 60.8. The second kappa shape index (κ2) is 13.0. The van der Waals surface area contributed by atoms with Crippen molar-refractivity contribution in [3.63, 3.8) is 0 Å². The van der Waals surface area contributed by atoms with Crippen molar-refractivity contribution < 1.29 is 38.3 Å². The van der Waals surface area contributed by atoms with Crippen LogP contribution in [0.15, 0.2) is 48.5 Å². The average molecular weight is 512 g/mol. The monoisotopic (exact) mass is 512 g/mol. The Morgan fingerprint density at radius 1 is 0.618 bits per heavy atom. The molecule has 0 aliphatic carbocycles. The fourth-order valence-electron chi connectivity index (χ4n) is 3.25. The number of amides is 2. The third-order valence-electron chi connectivity index (χ3n) is 4.99. The highest BCUT2D eigenvalue weighted by molar-refractivity contribution is 7.60. The molecule has 2 rings (SSSR count). The van der Waals surface area contributed by atoms with Crippen molar-refractivity contribution in [3.8, 4) is 0 Å². The van der Waals surface area contributed by atoms with Gasteiger partial charge in [-0.1, -0.05) is 37.8 Å². The molecule has 0 bridgehead atoms. The number of nitrogens with one attached hydrogen (secondary N) is 2. The predicted molar refractivity (Wildman–Crippen MR) is 130 cm³/mol. The van der Waals surface area contributed by atoms with E-state index < -0.39 is 15.2 Å². The molecular formula is C22H30N2O8P2. The average Bonchev–Trinajstić information content (AvgIpc) is 2.75. The fourth-order valence-corrected chi connectivity index (χ4v) is 4.43. The third-order valence-corrected chi connectivity index (χ3v) is 6.89. The summed E-state index contributed by atoms with van der Waals surface area (Å²) in [6.07, 6.45) is 5.47. The second-order valence-corrected chi connectivity index (χ2v) is 11.1. The Labute approximate surface area is 198 Å². The molecule has 6 N–H and O–H groups in total. The van der Waals surface area contributed by atoms with E-state index in [0.29, 0.717) is 37.1 Å². The molecule has 10 nitrogen and oxygen atoms in total. The van der Waals surface area contributed by atoms with Crippen LogP contribution in [0, 0.1) is 0 Å². The number of benzene rings is 2. The summed E-state index contributed by atoms with van der Waals surface area (Å²) < 4.78 is 22.6. The minimum absolute atomic E-state index is 0.145. The van der Waals surface area contributed by atoms with Crippen LogP contribution in [-0.2, 0) is 18.7 Å². The topological polar surface area (TPSA) is 173 Å². The number of hydrogen-bond acceptors (Lipinski definition) is 4. The summed E-state index contributed by atoms with van der Waals surface area (Å²) in [6.45, 7) is 0. The van der Waals surface area contributed by atoms with E-state index in [1.54, 1.807) is 12.1 Å². The van der Waals surface area contributed by atoms with Gasteiger partial charge in [0, 0.05) is 24.2 Å². The number of carbonyl (C=O) groups is 2. The first kappa shape index (κ1) is 27.9. The van der Waals surface area contributed by atoms with Crippen molar-refractivity contribution in [2.45, 2.75) is 51.4 Å². The zero-order valence-electron chi connectivity index (χ0n) is 18.6. The molecular weight excluding hydrogens is 482 g/mol. The standard InChI is InChI=1S/C22H30N2O8P2/c25-21(23-17-9-7-11-19(15-17)33(27,28)29)13-5-3-1-2-4-6-14-22(26)24-18-10-8-12-20(16-18)34(30,31)32/h7-12,15-16H,1-6,13-14H2,(H,23,25)(H,24,26)(H2,27,28,29)(H2,30,31,32). The van der Waals surface area contributed by atoms with Gasteiger partial charge in [-0.2, -0.15) is 0 Å². The highest BCUT2D eigenvalue weighted by Gasteiger charge is 2.18. The maximum absolute atomic E-state index is 12.0. The Balaban J connectivity index is 1.57. The first-order valence-electron chi connectivity index (χ1n) is 10.9. The lowest BCUT2D eigenvalue weighted by Crippen LogP contribution is -2.13. The lowest BCUT2D eigenvalue weighted by atomic mass is 10.1. The van der Waals surface area contributed by atoms with Crippen LogP contribution in [0.1, 0.15) is 51.4 Å². The summed E-state index contributed by atoms with van der Waals surface area (Å²) in [5, 5.41) is 4.99. The van der Waals surface area contributed by atoms with E-state index in [1.165, 1.54) is 36.4 Å². The van der Waals surface area contributed by atoms with Gasteiger partial charge in [-0.25, -0.2) is 0 Å². The van der Waals surface area contributed by atoms with Gasteiger partial charge in [0.15, 0.2) is 0 Å². The molecule has 0 aliphatic heterocycles. The van der Waals surface area contributed by atoms with E-state index in [2.05, 4.69) is 10.6 Å². The third kappa shape index (κ3) is 10.3. The molecule has 0 spiro atoms. The lowest BCUT2D eigenvalue weighted by Gasteiger charge is -2.09. The maximum Gasteiger partial charge on any atom is 0.356 e. The molecule has 0 radical (unpaired) electrons. The Kier molecular flexibility index (Phi) is 10.6. The van der Waals surface area contributed by atoms with Crippen LogP contribution in [-0.4, -0.2) is 31.4 Å². The minimum atomic E-state index is -4.37. The second-order valence-electron chi connectivity index (χ2n) is 7.91. The molecule has 0 saturated heterocycles. The van der Waals surface area contributed by atoms with Crippen LogP contribution >= 0.6 is 15.2 Å². The Morgan fingerprint density at radius 2 is 0.971 bits per heavy atom. The molecule has 0 heterocycles. The maximum atomic E-state index is 12.0. The van der Waals surface area contributed by atoms with Gasteiger partial charge in [0.2, 0.25) is 11.8 Å². The first-order chi connectivity index (χ1) is 15.9. The van der Waals surface area contributed by atoms with Crippen molar-refractivity contribution in [1.29, 1.82) is 0 Å². The van der Waals surface area contributed by atoms with Crippen LogP contribution in [0.2, 0.25) is 0 Å². The van der Waals surface area contributed by atoms with E-state index in [0.717, 1.165) is 25.7 Å². The molecule has 2 amide bonds. The molecule has 186 valence electrons. The molecule has 0 fully saturated rings. The van der Waals surface area contributed by atoms with Crippen molar-refractivity contribution in [1.82, 2.24) is 0 Å². The largest absolute Gasteiger partial charge is 0.356 e. The van der Waals surface area contributed by atoms with Crippen LogP contribution < -0.4 is 21.2 Å². The molecule has 2 aromatic carbocycles.